The maximum Gasteiger partial charge on any atom is 0.323 e. The summed E-state index contributed by atoms with van der Waals surface area (Å²) in [7, 11) is 0. The number of carbonyl (C=O) groups excluding carboxylic acids is 1. The Bertz CT molecular complexity index is 404. The number of nitrogen functional groups attached to an aromatic ring is 1. The van der Waals surface area contributed by atoms with Crippen molar-refractivity contribution >= 4 is 17.6 Å². The van der Waals surface area contributed by atoms with Crippen molar-refractivity contribution in [1.29, 1.82) is 0 Å². The average molecular weight is 222 g/mol. The van der Waals surface area contributed by atoms with Gasteiger partial charge in [-0.05, 0) is 19.1 Å². The summed E-state index contributed by atoms with van der Waals surface area (Å²) in [6, 6.07) is 6.61. The summed E-state index contributed by atoms with van der Waals surface area (Å²) in [4.78, 5) is 23.7. The fourth-order valence-corrected chi connectivity index (χ4v) is 1.35. The van der Waals surface area contributed by atoms with Crippen molar-refractivity contribution in [1.82, 2.24) is 4.90 Å². The van der Waals surface area contributed by atoms with E-state index in [9.17, 15) is 9.59 Å². The molecule has 16 heavy (non-hydrogen) atoms. The molecule has 0 radical (unpaired) electrons. The number of amides is 1. The second-order valence-corrected chi connectivity index (χ2v) is 3.30. The first-order chi connectivity index (χ1) is 7.56. The molecule has 5 heteroatoms. The highest BCUT2D eigenvalue weighted by atomic mass is 16.4. The van der Waals surface area contributed by atoms with Gasteiger partial charge in [-0.3, -0.25) is 9.59 Å². The minimum atomic E-state index is -1.04. The van der Waals surface area contributed by atoms with Gasteiger partial charge in [-0.15, -0.1) is 0 Å². The Kier molecular flexibility index (Phi) is 3.88. The van der Waals surface area contributed by atoms with Crippen LogP contribution in [0.3, 0.4) is 0 Å². The number of nitrogens with two attached hydrogens (primary N) is 1. The van der Waals surface area contributed by atoms with Crippen molar-refractivity contribution in [3.05, 3.63) is 29.8 Å². The number of rotatable bonds is 4. The van der Waals surface area contributed by atoms with Gasteiger partial charge in [0.15, 0.2) is 0 Å². The molecule has 1 amide bonds. The topological polar surface area (TPSA) is 83.6 Å². The number of hydrogen-bond acceptors (Lipinski definition) is 3. The van der Waals surface area contributed by atoms with Crippen LogP contribution >= 0.6 is 0 Å². The van der Waals surface area contributed by atoms with Crippen LogP contribution in [0.25, 0.3) is 0 Å². The van der Waals surface area contributed by atoms with E-state index in [-0.39, 0.29) is 12.5 Å². The number of likely N-dealkylation sites (N-methyl/N-ethyl adjacent to an activating group) is 1. The summed E-state index contributed by atoms with van der Waals surface area (Å²) in [5.74, 6) is -1.40. The lowest BCUT2D eigenvalue weighted by Gasteiger charge is -2.19. The summed E-state index contributed by atoms with van der Waals surface area (Å²) in [5.41, 5.74) is 6.35. The maximum absolute atomic E-state index is 11.9. The third-order valence-electron chi connectivity index (χ3n) is 2.19. The molecule has 0 bridgehead atoms. The monoisotopic (exact) mass is 222 g/mol. The summed E-state index contributed by atoms with van der Waals surface area (Å²) in [6.45, 7) is 1.74. The van der Waals surface area contributed by atoms with E-state index in [0.717, 1.165) is 0 Å². The van der Waals surface area contributed by atoms with Gasteiger partial charge in [0.2, 0.25) is 0 Å². The maximum atomic E-state index is 11.9. The molecule has 0 fully saturated rings. The standard InChI is InChI=1S/C11H14N2O3/c1-2-13(7-10(14)15)11(16)8-5-3-4-6-9(8)12/h3-6H,2,7,12H2,1H3,(H,14,15). The molecule has 1 aromatic rings. The largest absolute Gasteiger partial charge is 0.480 e. The van der Waals surface area contributed by atoms with Crippen molar-refractivity contribution in [2.24, 2.45) is 0 Å². The van der Waals surface area contributed by atoms with E-state index in [2.05, 4.69) is 0 Å². The molecule has 0 aliphatic heterocycles. The van der Waals surface area contributed by atoms with Crippen LogP contribution in [0.4, 0.5) is 5.69 Å². The molecule has 0 saturated heterocycles. The first kappa shape index (κ1) is 12.0. The molecule has 0 aromatic heterocycles. The van der Waals surface area contributed by atoms with Crippen molar-refractivity contribution in [2.45, 2.75) is 6.92 Å². The molecule has 0 atom stereocenters. The molecule has 3 N–H and O–H groups in total. The molecular formula is C11H14N2O3. The zero-order valence-corrected chi connectivity index (χ0v) is 9.01. The van der Waals surface area contributed by atoms with Crippen LogP contribution < -0.4 is 5.73 Å². The van der Waals surface area contributed by atoms with Gasteiger partial charge >= 0.3 is 5.97 Å². The minimum absolute atomic E-state index is 0.316. The molecule has 0 aliphatic rings. The van der Waals surface area contributed by atoms with Gasteiger partial charge in [-0.2, -0.15) is 0 Å². The Morgan fingerprint density at radius 2 is 2.00 bits per heavy atom. The molecule has 1 rings (SSSR count). The van der Waals surface area contributed by atoms with E-state index in [4.69, 9.17) is 10.8 Å². The molecule has 0 saturated carbocycles. The van der Waals surface area contributed by atoms with E-state index in [1.807, 2.05) is 0 Å². The lowest BCUT2D eigenvalue weighted by molar-refractivity contribution is -0.137. The highest BCUT2D eigenvalue weighted by Gasteiger charge is 2.18. The van der Waals surface area contributed by atoms with Crippen molar-refractivity contribution in [2.75, 3.05) is 18.8 Å². The number of hydrogen-bond donors (Lipinski definition) is 2. The Balaban J connectivity index is 2.91. The van der Waals surface area contributed by atoms with Crippen LogP contribution in [0, 0.1) is 0 Å². The van der Waals surface area contributed by atoms with Crippen molar-refractivity contribution < 1.29 is 14.7 Å². The Morgan fingerprint density at radius 1 is 1.38 bits per heavy atom. The SMILES string of the molecule is CCN(CC(=O)O)C(=O)c1ccccc1N. The van der Waals surface area contributed by atoms with Crippen LogP contribution in [0.1, 0.15) is 17.3 Å². The smallest absolute Gasteiger partial charge is 0.323 e. The number of carboxylic acids is 1. The molecule has 0 aliphatic carbocycles. The Hall–Kier alpha value is -2.04. The van der Waals surface area contributed by atoms with E-state index in [0.29, 0.717) is 17.8 Å². The number of para-hydroxylation sites is 1. The number of benzene rings is 1. The van der Waals surface area contributed by atoms with Crippen molar-refractivity contribution in [3.63, 3.8) is 0 Å². The Labute approximate surface area is 93.5 Å². The minimum Gasteiger partial charge on any atom is -0.480 e. The highest BCUT2D eigenvalue weighted by Crippen LogP contribution is 2.13. The average Bonchev–Trinajstić information content (AvgIpc) is 2.25. The van der Waals surface area contributed by atoms with E-state index >= 15 is 0 Å². The number of anilines is 1. The number of carboxylic acid groups (broad SMARTS) is 1. The molecule has 1 aromatic carbocycles. The number of aliphatic carboxylic acids is 1. The normalized spacial score (nSPS) is 9.81. The van der Waals surface area contributed by atoms with Crippen molar-refractivity contribution in [3.8, 4) is 0 Å². The third-order valence-corrected chi connectivity index (χ3v) is 2.19. The summed E-state index contributed by atoms with van der Waals surface area (Å²) >= 11 is 0. The van der Waals surface area contributed by atoms with Gasteiger partial charge in [0.1, 0.15) is 6.54 Å². The fraction of sp³-hybridized carbons (Fsp3) is 0.273. The first-order valence-electron chi connectivity index (χ1n) is 4.91. The van der Waals surface area contributed by atoms with Gasteiger partial charge in [-0.25, -0.2) is 0 Å². The highest BCUT2D eigenvalue weighted by molar-refractivity contribution is 6.00. The van der Waals surface area contributed by atoms with Gasteiger partial charge in [0, 0.05) is 12.2 Å². The van der Waals surface area contributed by atoms with Crippen LogP contribution in [-0.2, 0) is 4.79 Å². The first-order valence-corrected chi connectivity index (χ1v) is 4.91. The molecule has 0 heterocycles. The molecular weight excluding hydrogens is 208 g/mol. The lowest BCUT2D eigenvalue weighted by atomic mass is 10.1. The predicted octanol–water partition coefficient (Wildman–Crippen LogP) is 0.815. The quantitative estimate of drug-likeness (QED) is 0.738. The lowest BCUT2D eigenvalue weighted by Crippen LogP contribution is -2.35. The van der Waals surface area contributed by atoms with Crippen LogP contribution in [0.2, 0.25) is 0 Å². The predicted molar refractivity (Wildman–Crippen MR) is 60.1 cm³/mol. The molecule has 86 valence electrons. The zero-order valence-electron chi connectivity index (χ0n) is 9.01. The second-order valence-electron chi connectivity index (χ2n) is 3.30. The fourth-order valence-electron chi connectivity index (χ4n) is 1.35. The molecule has 0 spiro atoms. The van der Waals surface area contributed by atoms with Gasteiger partial charge in [0.25, 0.3) is 5.91 Å². The molecule has 5 nitrogen and oxygen atoms in total. The van der Waals surface area contributed by atoms with Gasteiger partial charge in [-0.1, -0.05) is 12.1 Å². The summed E-state index contributed by atoms with van der Waals surface area (Å²) in [5, 5.41) is 8.65. The van der Waals surface area contributed by atoms with Crippen LogP contribution in [0.5, 0.6) is 0 Å². The van der Waals surface area contributed by atoms with E-state index in [1.165, 1.54) is 4.90 Å². The Morgan fingerprint density at radius 3 is 2.50 bits per heavy atom. The molecule has 0 unspecified atom stereocenters. The number of carbonyl (C=O) groups is 2. The van der Waals surface area contributed by atoms with Crippen LogP contribution in [0.15, 0.2) is 24.3 Å². The summed E-state index contributed by atoms with van der Waals surface area (Å²) < 4.78 is 0. The summed E-state index contributed by atoms with van der Waals surface area (Å²) in [6.07, 6.45) is 0. The zero-order chi connectivity index (χ0) is 12.1. The van der Waals surface area contributed by atoms with E-state index < -0.39 is 5.97 Å². The van der Waals surface area contributed by atoms with Crippen LogP contribution in [-0.4, -0.2) is 35.0 Å². The van der Waals surface area contributed by atoms with E-state index in [1.54, 1.807) is 31.2 Å². The van der Waals surface area contributed by atoms with Gasteiger partial charge < -0.3 is 15.7 Å². The third kappa shape index (κ3) is 2.73. The second kappa shape index (κ2) is 5.16. The van der Waals surface area contributed by atoms with Gasteiger partial charge in [0.05, 0.1) is 5.56 Å². The number of nitrogens with zero attached hydrogens (tertiary/aromatic N) is 1.